The van der Waals surface area contributed by atoms with Crippen LogP contribution in [-0.4, -0.2) is 7.05 Å². The van der Waals surface area contributed by atoms with E-state index in [0.29, 0.717) is 5.69 Å². The number of benzene rings is 1. The Morgan fingerprint density at radius 1 is 1.10 bits per heavy atom. The minimum atomic E-state index is -0.597. The van der Waals surface area contributed by atoms with Crippen LogP contribution in [0.3, 0.4) is 0 Å². The zero-order valence-electron chi connectivity index (χ0n) is 5.44. The van der Waals surface area contributed by atoms with Crippen LogP contribution in [0.5, 0.6) is 0 Å². The molecule has 0 unspecified atom stereocenters. The van der Waals surface area contributed by atoms with Gasteiger partial charge in [-0.2, -0.15) is 0 Å². The number of halogens is 2. The van der Waals surface area contributed by atoms with Crippen molar-refractivity contribution in [1.82, 2.24) is 5.32 Å². The van der Waals surface area contributed by atoms with Gasteiger partial charge in [-0.3, -0.25) is 5.32 Å². The first kappa shape index (κ1) is 6.99. The molecule has 0 bridgehead atoms. The molecule has 0 spiro atoms. The summed E-state index contributed by atoms with van der Waals surface area (Å²) in [5.41, 5.74) is 0.317. The summed E-state index contributed by atoms with van der Waals surface area (Å²) in [6.45, 7) is 0. The van der Waals surface area contributed by atoms with Gasteiger partial charge in [-0.25, -0.2) is 8.78 Å². The van der Waals surface area contributed by atoms with Crippen LogP contribution in [0.2, 0.25) is 0 Å². The van der Waals surface area contributed by atoms with Crippen LogP contribution in [0.15, 0.2) is 18.2 Å². The lowest BCUT2D eigenvalue weighted by atomic mass is 10.3. The second-order valence-electron chi connectivity index (χ2n) is 1.85. The predicted molar refractivity (Wildman–Crippen MR) is 34.1 cm³/mol. The molecule has 0 aliphatic carbocycles. The zero-order chi connectivity index (χ0) is 7.56. The van der Waals surface area contributed by atoms with Crippen LogP contribution >= 0.6 is 0 Å². The van der Waals surface area contributed by atoms with E-state index in [-0.39, 0.29) is 0 Å². The summed E-state index contributed by atoms with van der Waals surface area (Å²) >= 11 is 0. The van der Waals surface area contributed by atoms with E-state index in [4.69, 9.17) is 0 Å². The number of hydrogen-bond donors (Lipinski definition) is 0. The molecule has 10 heavy (non-hydrogen) atoms. The van der Waals surface area contributed by atoms with E-state index in [1.54, 1.807) is 0 Å². The van der Waals surface area contributed by atoms with E-state index < -0.39 is 11.6 Å². The molecule has 0 heterocycles. The molecule has 0 aliphatic rings. The van der Waals surface area contributed by atoms with E-state index in [0.717, 1.165) is 6.07 Å². The van der Waals surface area contributed by atoms with Crippen molar-refractivity contribution in [1.29, 1.82) is 0 Å². The molecule has 1 nitrogen and oxygen atoms in total. The van der Waals surface area contributed by atoms with E-state index in [1.165, 1.54) is 19.2 Å². The van der Waals surface area contributed by atoms with Crippen molar-refractivity contribution >= 4 is 5.69 Å². The molecule has 1 rings (SSSR count). The van der Waals surface area contributed by atoms with Crippen LogP contribution < -0.4 is 5.32 Å². The Balaban J connectivity index is 3.06. The highest BCUT2D eigenvalue weighted by atomic mass is 19.1. The molecular formula is C7H6F2N. The Hall–Kier alpha value is -1.12. The van der Waals surface area contributed by atoms with E-state index in [2.05, 4.69) is 5.32 Å². The summed E-state index contributed by atoms with van der Waals surface area (Å²) in [4.78, 5) is 0. The average molecular weight is 142 g/mol. The van der Waals surface area contributed by atoms with E-state index >= 15 is 0 Å². The summed E-state index contributed by atoms with van der Waals surface area (Å²) in [6.07, 6.45) is 0. The van der Waals surface area contributed by atoms with Crippen LogP contribution in [0, 0.1) is 11.6 Å². The summed E-state index contributed by atoms with van der Waals surface area (Å²) in [5.74, 6) is -1.19. The Bertz CT molecular complexity index is 215. The van der Waals surface area contributed by atoms with Gasteiger partial charge in [0.05, 0.1) is 5.69 Å². The van der Waals surface area contributed by atoms with Gasteiger partial charge in [0.1, 0.15) is 11.6 Å². The molecule has 0 aromatic heterocycles. The van der Waals surface area contributed by atoms with Gasteiger partial charge in [-0.15, -0.1) is 0 Å². The summed E-state index contributed by atoms with van der Waals surface area (Å²) in [6, 6.07) is 3.15. The van der Waals surface area contributed by atoms with Gasteiger partial charge in [0, 0.05) is 13.1 Å². The first-order valence-electron chi connectivity index (χ1n) is 2.78. The second kappa shape index (κ2) is 2.64. The van der Waals surface area contributed by atoms with Gasteiger partial charge in [-0.05, 0) is 12.1 Å². The maximum atomic E-state index is 12.3. The number of nitrogens with zero attached hydrogens (tertiary/aromatic N) is 1. The van der Waals surface area contributed by atoms with Gasteiger partial charge >= 0.3 is 0 Å². The van der Waals surface area contributed by atoms with Crippen LogP contribution in [0.1, 0.15) is 0 Å². The predicted octanol–water partition coefficient (Wildman–Crippen LogP) is 1.83. The van der Waals surface area contributed by atoms with Crippen LogP contribution in [-0.2, 0) is 0 Å². The standard InChI is InChI=1S/C7H6F2N/c1-10-7-3-5(8)2-6(9)4-7/h2-4H,1H3. The Morgan fingerprint density at radius 2 is 1.60 bits per heavy atom. The summed E-state index contributed by atoms with van der Waals surface area (Å²) in [5, 5.41) is 3.61. The second-order valence-corrected chi connectivity index (χ2v) is 1.85. The van der Waals surface area contributed by atoms with Crippen molar-refractivity contribution in [2.75, 3.05) is 7.05 Å². The third kappa shape index (κ3) is 1.43. The lowest BCUT2D eigenvalue weighted by molar-refractivity contribution is 0.582. The van der Waals surface area contributed by atoms with Gasteiger partial charge in [-0.1, -0.05) is 0 Å². The van der Waals surface area contributed by atoms with Crippen LogP contribution in [0.25, 0.3) is 0 Å². The zero-order valence-corrected chi connectivity index (χ0v) is 5.44. The van der Waals surface area contributed by atoms with Crippen LogP contribution in [0.4, 0.5) is 14.5 Å². The third-order valence-electron chi connectivity index (χ3n) is 1.11. The van der Waals surface area contributed by atoms with Crippen molar-refractivity contribution in [3.8, 4) is 0 Å². The molecule has 0 atom stereocenters. The average Bonchev–Trinajstić information content (AvgIpc) is 1.85. The Morgan fingerprint density at radius 3 is 2.00 bits per heavy atom. The number of rotatable bonds is 1. The first-order chi connectivity index (χ1) is 4.72. The molecule has 0 aliphatic heterocycles. The molecule has 0 saturated carbocycles. The highest BCUT2D eigenvalue weighted by Gasteiger charge is 1.97. The maximum absolute atomic E-state index is 12.3. The molecule has 1 radical (unpaired) electrons. The first-order valence-corrected chi connectivity index (χ1v) is 2.78. The lowest BCUT2D eigenvalue weighted by Crippen LogP contribution is -1.88. The molecular weight excluding hydrogens is 136 g/mol. The SMILES string of the molecule is C[N]c1cc(F)cc(F)c1. The number of hydrogen-bond acceptors (Lipinski definition) is 0. The van der Waals surface area contributed by atoms with Crippen molar-refractivity contribution in [3.05, 3.63) is 29.8 Å². The molecule has 53 valence electrons. The minimum absolute atomic E-state index is 0.317. The fourth-order valence-corrected chi connectivity index (χ4v) is 0.668. The largest absolute Gasteiger partial charge is 0.288 e. The van der Waals surface area contributed by atoms with Crippen molar-refractivity contribution in [2.24, 2.45) is 0 Å². The molecule has 0 amide bonds. The van der Waals surface area contributed by atoms with Gasteiger partial charge in [0.15, 0.2) is 0 Å². The summed E-state index contributed by atoms with van der Waals surface area (Å²) in [7, 11) is 1.48. The van der Waals surface area contributed by atoms with Gasteiger partial charge in [0.2, 0.25) is 0 Å². The fraction of sp³-hybridized carbons (Fsp3) is 0.143. The van der Waals surface area contributed by atoms with Crippen molar-refractivity contribution < 1.29 is 8.78 Å². The monoisotopic (exact) mass is 142 g/mol. The molecule has 0 saturated heterocycles. The normalized spacial score (nSPS) is 9.50. The minimum Gasteiger partial charge on any atom is -0.288 e. The molecule has 0 N–H and O–H groups in total. The molecule has 3 heteroatoms. The Kier molecular flexibility index (Phi) is 1.85. The highest BCUT2D eigenvalue weighted by molar-refractivity contribution is 5.35. The van der Waals surface area contributed by atoms with E-state index in [1.807, 2.05) is 0 Å². The van der Waals surface area contributed by atoms with Crippen molar-refractivity contribution in [2.45, 2.75) is 0 Å². The van der Waals surface area contributed by atoms with Crippen molar-refractivity contribution in [3.63, 3.8) is 0 Å². The third-order valence-corrected chi connectivity index (χ3v) is 1.11. The lowest BCUT2D eigenvalue weighted by Gasteiger charge is -1.95. The Labute approximate surface area is 57.7 Å². The maximum Gasteiger partial charge on any atom is 0.128 e. The molecule has 0 fully saturated rings. The molecule has 1 aromatic rings. The van der Waals surface area contributed by atoms with Gasteiger partial charge < -0.3 is 0 Å². The smallest absolute Gasteiger partial charge is 0.128 e. The highest BCUT2D eigenvalue weighted by Crippen LogP contribution is 2.11. The summed E-state index contributed by atoms with van der Waals surface area (Å²) < 4.78 is 24.6. The molecule has 1 aromatic carbocycles. The van der Waals surface area contributed by atoms with E-state index in [9.17, 15) is 8.78 Å². The quantitative estimate of drug-likeness (QED) is 0.568. The fourth-order valence-electron chi connectivity index (χ4n) is 0.668. The topological polar surface area (TPSA) is 14.1 Å². The van der Waals surface area contributed by atoms with Gasteiger partial charge in [0.25, 0.3) is 0 Å².